The first-order valence-corrected chi connectivity index (χ1v) is 8.11. The lowest BCUT2D eigenvalue weighted by Crippen LogP contribution is -2.25. The number of fused-ring (bicyclic) bond motifs is 1. The van der Waals surface area contributed by atoms with Crippen LogP contribution in [-0.2, 0) is 10.0 Å². The molecule has 2 aromatic carbocycles. The third-order valence-electron chi connectivity index (χ3n) is 3.11. The Balaban J connectivity index is 2.28. The van der Waals surface area contributed by atoms with Crippen LogP contribution in [0.25, 0.3) is 10.8 Å². The van der Waals surface area contributed by atoms with Gasteiger partial charge in [0.15, 0.2) is 0 Å². The van der Waals surface area contributed by atoms with Gasteiger partial charge in [-0.2, -0.15) is 0 Å². The molecule has 0 spiro atoms. The average molecular weight is 277 g/mol. The van der Waals surface area contributed by atoms with E-state index in [1.807, 2.05) is 30.3 Å². The van der Waals surface area contributed by atoms with Gasteiger partial charge in [-0.1, -0.05) is 56.2 Å². The predicted octanol–water partition coefficient (Wildman–Crippen LogP) is 3.31. The van der Waals surface area contributed by atoms with E-state index in [2.05, 4.69) is 11.6 Å². The van der Waals surface area contributed by atoms with Gasteiger partial charge in [0.2, 0.25) is 10.0 Å². The molecule has 0 saturated heterocycles. The van der Waals surface area contributed by atoms with E-state index in [4.69, 9.17) is 0 Å². The topological polar surface area (TPSA) is 46.2 Å². The number of rotatable bonds is 6. The second-order valence-corrected chi connectivity index (χ2v) is 6.32. The number of hydrogen-bond donors (Lipinski definition) is 1. The van der Waals surface area contributed by atoms with E-state index in [1.54, 1.807) is 12.1 Å². The van der Waals surface area contributed by atoms with Crippen molar-refractivity contribution in [1.82, 2.24) is 4.72 Å². The largest absolute Gasteiger partial charge is 0.241 e. The zero-order valence-corrected chi connectivity index (χ0v) is 11.9. The van der Waals surface area contributed by atoms with Crippen molar-refractivity contribution in [2.75, 3.05) is 6.54 Å². The first-order chi connectivity index (χ1) is 9.15. The smallest absolute Gasteiger partial charge is 0.211 e. The minimum Gasteiger partial charge on any atom is -0.211 e. The van der Waals surface area contributed by atoms with E-state index in [1.165, 1.54) is 0 Å². The van der Waals surface area contributed by atoms with Crippen molar-refractivity contribution in [3.8, 4) is 0 Å². The number of unbranched alkanes of at least 4 members (excludes halogenated alkanes) is 2. The summed E-state index contributed by atoms with van der Waals surface area (Å²) in [7, 11) is -3.42. The summed E-state index contributed by atoms with van der Waals surface area (Å²) in [4.78, 5) is 0.363. The van der Waals surface area contributed by atoms with Crippen molar-refractivity contribution in [2.45, 2.75) is 31.1 Å². The van der Waals surface area contributed by atoms with Gasteiger partial charge in [0.05, 0.1) is 4.90 Å². The third kappa shape index (κ3) is 3.33. The highest BCUT2D eigenvalue weighted by Crippen LogP contribution is 2.22. The minimum absolute atomic E-state index is 0.363. The lowest BCUT2D eigenvalue weighted by Gasteiger charge is -2.09. The molecule has 0 aliphatic heterocycles. The molecule has 19 heavy (non-hydrogen) atoms. The van der Waals surface area contributed by atoms with Crippen LogP contribution in [0.15, 0.2) is 47.4 Å². The van der Waals surface area contributed by atoms with Gasteiger partial charge in [-0.3, -0.25) is 0 Å². The van der Waals surface area contributed by atoms with Crippen molar-refractivity contribution >= 4 is 20.8 Å². The van der Waals surface area contributed by atoms with Gasteiger partial charge in [0.25, 0.3) is 0 Å². The van der Waals surface area contributed by atoms with Crippen molar-refractivity contribution in [3.05, 3.63) is 42.5 Å². The van der Waals surface area contributed by atoms with E-state index in [9.17, 15) is 8.42 Å². The third-order valence-corrected chi connectivity index (χ3v) is 4.63. The van der Waals surface area contributed by atoms with Gasteiger partial charge < -0.3 is 0 Å². The van der Waals surface area contributed by atoms with Gasteiger partial charge >= 0.3 is 0 Å². The number of sulfonamides is 1. The van der Waals surface area contributed by atoms with Gasteiger partial charge in [-0.25, -0.2) is 13.1 Å². The zero-order chi connectivity index (χ0) is 13.7. The molecule has 0 amide bonds. The van der Waals surface area contributed by atoms with Crippen LogP contribution >= 0.6 is 0 Å². The summed E-state index contributed by atoms with van der Waals surface area (Å²) < 4.78 is 27.3. The summed E-state index contributed by atoms with van der Waals surface area (Å²) in [6.07, 6.45) is 2.99. The van der Waals surface area contributed by atoms with Gasteiger partial charge in [0, 0.05) is 11.9 Å². The lowest BCUT2D eigenvalue weighted by molar-refractivity contribution is 0.577. The Hall–Kier alpha value is -1.39. The molecule has 0 aliphatic carbocycles. The van der Waals surface area contributed by atoms with Crippen LogP contribution in [0.1, 0.15) is 26.2 Å². The first-order valence-electron chi connectivity index (χ1n) is 6.62. The fourth-order valence-corrected chi connectivity index (χ4v) is 3.39. The Morgan fingerprint density at radius 2 is 1.74 bits per heavy atom. The fraction of sp³-hybridized carbons (Fsp3) is 0.333. The molecule has 4 heteroatoms. The van der Waals surface area contributed by atoms with Crippen LogP contribution in [0.4, 0.5) is 0 Å². The van der Waals surface area contributed by atoms with E-state index < -0.39 is 10.0 Å². The molecule has 0 radical (unpaired) electrons. The van der Waals surface area contributed by atoms with Gasteiger partial charge in [-0.15, -0.1) is 0 Å². The quantitative estimate of drug-likeness (QED) is 0.823. The maximum absolute atomic E-state index is 12.3. The highest BCUT2D eigenvalue weighted by molar-refractivity contribution is 7.89. The summed E-state index contributed by atoms with van der Waals surface area (Å²) in [5.41, 5.74) is 0. The van der Waals surface area contributed by atoms with Crippen LogP contribution in [-0.4, -0.2) is 15.0 Å². The van der Waals surface area contributed by atoms with Crippen molar-refractivity contribution in [2.24, 2.45) is 0 Å². The maximum atomic E-state index is 12.3. The Morgan fingerprint density at radius 3 is 2.53 bits per heavy atom. The standard InChI is InChI=1S/C15H19NO2S/c1-2-3-6-12-16-19(17,18)15-11-7-9-13-8-4-5-10-14(13)15/h4-5,7-11,16H,2-3,6,12H2,1H3. The molecule has 0 atom stereocenters. The summed E-state index contributed by atoms with van der Waals surface area (Å²) >= 11 is 0. The molecule has 0 saturated carbocycles. The molecule has 1 N–H and O–H groups in total. The molecule has 0 bridgehead atoms. The van der Waals surface area contributed by atoms with Crippen LogP contribution in [0.2, 0.25) is 0 Å². The Bertz CT molecular complexity index is 645. The van der Waals surface area contributed by atoms with E-state index >= 15 is 0 Å². The number of benzene rings is 2. The molecule has 3 nitrogen and oxygen atoms in total. The van der Waals surface area contributed by atoms with E-state index in [-0.39, 0.29) is 0 Å². The normalized spacial score (nSPS) is 11.8. The van der Waals surface area contributed by atoms with Crippen LogP contribution in [0.5, 0.6) is 0 Å². The van der Waals surface area contributed by atoms with Crippen molar-refractivity contribution < 1.29 is 8.42 Å². The van der Waals surface area contributed by atoms with Crippen molar-refractivity contribution in [1.29, 1.82) is 0 Å². The first kappa shape index (κ1) is 14.0. The zero-order valence-electron chi connectivity index (χ0n) is 11.1. The van der Waals surface area contributed by atoms with Crippen LogP contribution < -0.4 is 4.72 Å². The molecule has 0 aliphatic rings. The lowest BCUT2D eigenvalue weighted by atomic mass is 10.1. The highest BCUT2D eigenvalue weighted by Gasteiger charge is 2.15. The Kier molecular flexibility index (Phi) is 4.56. The van der Waals surface area contributed by atoms with Gasteiger partial charge in [-0.05, 0) is 17.9 Å². The Labute approximate surface area is 114 Å². The van der Waals surface area contributed by atoms with Crippen LogP contribution in [0.3, 0.4) is 0 Å². The number of hydrogen-bond acceptors (Lipinski definition) is 2. The summed E-state index contributed by atoms with van der Waals surface area (Å²) in [5, 5.41) is 1.71. The molecule has 0 heterocycles. The fourth-order valence-electron chi connectivity index (χ4n) is 2.09. The number of nitrogens with one attached hydrogen (secondary N) is 1. The monoisotopic (exact) mass is 277 g/mol. The summed E-state index contributed by atoms with van der Waals surface area (Å²) in [6, 6.07) is 12.9. The average Bonchev–Trinajstić information content (AvgIpc) is 2.43. The second kappa shape index (κ2) is 6.17. The maximum Gasteiger partial charge on any atom is 0.241 e. The van der Waals surface area contributed by atoms with E-state index in [0.717, 1.165) is 30.0 Å². The van der Waals surface area contributed by atoms with Gasteiger partial charge in [0.1, 0.15) is 0 Å². The highest BCUT2D eigenvalue weighted by atomic mass is 32.2. The van der Waals surface area contributed by atoms with Crippen molar-refractivity contribution in [3.63, 3.8) is 0 Å². The molecule has 2 aromatic rings. The molecule has 2 rings (SSSR count). The summed E-state index contributed by atoms with van der Waals surface area (Å²) in [5.74, 6) is 0. The molecular weight excluding hydrogens is 258 g/mol. The molecule has 0 fully saturated rings. The molecule has 102 valence electrons. The SMILES string of the molecule is CCCCCNS(=O)(=O)c1cccc2ccccc12. The van der Waals surface area contributed by atoms with Crippen LogP contribution in [0, 0.1) is 0 Å². The van der Waals surface area contributed by atoms with E-state index in [0.29, 0.717) is 11.4 Å². The summed E-state index contributed by atoms with van der Waals surface area (Å²) in [6.45, 7) is 2.60. The predicted molar refractivity (Wildman–Crippen MR) is 78.7 cm³/mol. The second-order valence-electron chi connectivity index (χ2n) is 4.58. The molecule has 0 aromatic heterocycles. The minimum atomic E-state index is -3.42. The molecule has 0 unspecified atom stereocenters. The Morgan fingerprint density at radius 1 is 1.00 bits per heavy atom. The molecular formula is C15H19NO2S.